The largest absolute Gasteiger partial charge is 0.480 e. The summed E-state index contributed by atoms with van der Waals surface area (Å²) >= 11 is 0. The van der Waals surface area contributed by atoms with Crippen molar-refractivity contribution in [2.45, 2.75) is 43.9 Å². The monoisotopic (exact) mass is 263 g/mol. The average Bonchev–Trinajstić information content (AvgIpc) is 2.24. The average molecular weight is 263 g/mol. The van der Waals surface area contributed by atoms with Crippen LogP contribution in [0.5, 0.6) is 0 Å². The summed E-state index contributed by atoms with van der Waals surface area (Å²) < 4.78 is 23.3. The maximum atomic E-state index is 11.7. The van der Waals surface area contributed by atoms with E-state index in [4.69, 9.17) is 5.11 Å². The molecule has 1 rings (SSSR count). The molecule has 1 fully saturated rings. The highest BCUT2D eigenvalue weighted by Crippen LogP contribution is 2.19. The molecule has 0 aromatic rings. The van der Waals surface area contributed by atoms with E-state index in [1.54, 1.807) is 6.92 Å². The third-order valence-electron chi connectivity index (χ3n) is 2.89. The SMILES string of the molecule is CC[C@H](NC(=O)C1CCCCS1(=O)=O)C(=O)O. The first-order valence-corrected chi connectivity index (χ1v) is 7.34. The van der Waals surface area contributed by atoms with Crippen molar-refractivity contribution in [3.05, 3.63) is 0 Å². The molecule has 0 radical (unpaired) electrons. The van der Waals surface area contributed by atoms with Gasteiger partial charge in [-0.2, -0.15) is 0 Å². The minimum atomic E-state index is -3.41. The van der Waals surface area contributed by atoms with E-state index in [2.05, 4.69) is 5.32 Å². The van der Waals surface area contributed by atoms with E-state index < -0.39 is 33.0 Å². The minimum absolute atomic E-state index is 0.00888. The Bertz CT molecular complexity index is 403. The van der Waals surface area contributed by atoms with Crippen LogP contribution in [0.25, 0.3) is 0 Å². The van der Waals surface area contributed by atoms with Crippen molar-refractivity contribution in [2.24, 2.45) is 0 Å². The van der Waals surface area contributed by atoms with Crippen LogP contribution in [0.15, 0.2) is 0 Å². The summed E-state index contributed by atoms with van der Waals surface area (Å²) in [5.41, 5.74) is 0. The van der Waals surface area contributed by atoms with Gasteiger partial charge in [-0.05, 0) is 19.3 Å². The summed E-state index contributed by atoms with van der Waals surface area (Å²) in [7, 11) is -3.41. The van der Waals surface area contributed by atoms with Gasteiger partial charge in [-0.15, -0.1) is 0 Å². The molecular weight excluding hydrogens is 246 g/mol. The molecule has 0 bridgehead atoms. The molecule has 6 nitrogen and oxygen atoms in total. The second kappa shape index (κ2) is 5.48. The molecule has 7 heteroatoms. The Labute approximate surface area is 100 Å². The lowest BCUT2D eigenvalue weighted by molar-refractivity contribution is -0.141. The Morgan fingerprint density at radius 2 is 2.06 bits per heavy atom. The van der Waals surface area contributed by atoms with Crippen LogP contribution in [-0.2, 0) is 19.4 Å². The molecule has 0 aliphatic carbocycles. The lowest BCUT2D eigenvalue weighted by Crippen LogP contribution is -2.49. The molecule has 0 saturated carbocycles. The van der Waals surface area contributed by atoms with Crippen LogP contribution >= 0.6 is 0 Å². The third kappa shape index (κ3) is 3.42. The number of hydrogen-bond acceptors (Lipinski definition) is 4. The number of hydrogen-bond donors (Lipinski definition) is 2. The van der Waals surface area contributed by atoms with Crippen molar-refractivity contribution in [3.8, 4) is 0 Å². The number of amides is 1. The fourth-order valence-corrected chi connectivity index (χ4v) is 3.66. The summed E-state index contributed by atoms with van der Waals surface area (Å²) in [5, 5.41) is 9.98. The minimum Gasteiger partial charge on any atom is -0.480 e. The van der Waals surface area contributed by atoms with Gasteiger partial charge in [0.15, 0.2) is 9.84 Å². The summed E-state index contributed by atoms with van der Waals surface area (Å²) in [6, 6.07) is -1.01. The topological polar surface area (TPSA) is 101 Å². The van der Waals surface area contributed by atoms with Gasteiger partial charge in [-0.25, -0.2) is 13.2 Å². The Morgan fingerprint density at radius 3 is 2.53 bits per heavy atom. The third-order valence-corrected chi connectivity index (χ3v) is 5.07. The summed E-state index contributed by atoms with van der Waals surface area (Å²) in [6.07, 6.45) is 1.77. The molecule has 0 spiro atoms. The first kappa shape index (κ1) is 14.0. The van der Waals surface area contributed by atoms with Crippen LogP contribution in [0.3, 0.4) is 0 Å². The van der Waals surface area contributed by atoms with Gasteiger partial charge in [0, 0.05) is 0 Å². The van der Waals surface area contributed by atoms with E-state index in [1.165, 1.54) is 0 Å². The Kier molecular flexibility index (Phi) is 4.50. The zero-order valence-electron chi connectivity index (χ0n) is 9.68. The molecule has 1 unspecified atom stereocenters. The predicted octanol–water partition coefficient (Wildman–Crippen LogP) is -0.0669. The fourth-order valence-electron chi connectivity index (χ4n) is 1.85. The van der Waals surface area contributed by atoms with Crippen LogP contribution in [0.2, 0.25) is 0 Å². The van der Waals surface area contributed by atoms with Crippen molar-refractivity contribution in [1.29, 1.82) is 0 Å². The van der Waals surface area contributed by atoms with Crippen molar-refractivity contribution in [3.63, 3.8) is 0 Å². The van der Waals surface area contributed by atoms with Crippen LogP contribution in [0.4, 0.5) is 0 Å². The molecule has 2 atom stereocenters. The van der Waals surface area contributed by atoms with Crippen LogP contribution in [0, 0.1) is 0 Å². The van der Waals surface area contributed by atoms with E-state index >= 15 is 0 Å². The predicted molar refractivity (Wildman–Crippen MR) is 61.3 cm³/mol. The molecule has 17 heavy (non-hydrogen) atoms. The van der Waals surface area contributed by atoms with E-state index in [1.807, 2.05) is 0 Å². The quantitative estimate of drug-likeness (QED) is 0.739. The first-order chi connectivity index (χ1) is 7.88. The summed E-state index contributed by atoms with van der Waals surface area (Å²) in [5.74, 6) is -1.82. The van der Waals surface area contributed by atoms with Gasteiger partial charge in [0.1, 0.15) is 11.3 Å². The second-order valence-corrected chi connectivity index (χ2v) is 6.46. The molecule has 1 aliphatic heterocycles. The maximum absolute atomic E-state index is 11.7. The molecule has 0 aromatic heterocycles. The number of sulfone groups is 1. The van der Waals surface area contributed by atoms with Gasteiger partial charge >= 0.3 is 5.97 Å². The number of carbonyl (C=O) groups excluding carboxylic acids is 1. The van der Waals surface area contributed by atoms with Gasteiger partial charge in [0.05, 0.1) is 5.75 Å². The highest BCUT2D eigenvalue weighted by Gasteiger charge is 2.36. The van der Waals surface area contributed by atoms with Gasteiger partial charge in [-0.1, -0.05) is 13.3 Å². The van der Waals surface area contributed by atoms with Gasteiger partial charge in [-0.3, -0.25) is 4.79 Å². The number of rotatable bonds is 4. The Balaban J connectivity index is 2.72. The first-order valence-electron chi connectivity index (χ1n) is 5.63. The lowest BCUT2D eigenvalue weighted by Gasteiger charge is -2.23. The van der Waals surface area contributed by atoms with Gasteiger partial charge in [0.2, 0.25) is 5.91 Å². The molecule has 1 heterocycles. The van der Waals surface area contributed by atoms with Crippen molar-refractivity contribution in [2.75, 3.05) is 5.75 Å². The van der Waals surface area contributed by atoms with Crippen molar-refractivity contribution < 1.29 is 23.1 Å². The van der Waals surface area contributed by atoms with Crippen molar-refractivity contribution in [1.82, 2.24) is 5.32 Å². The van der Waals surface area contributed by atoms with E-state index in [-0.39, 0.29) is 18.6 Å². The standard InChI is InChI=1S/C10H17NO5S/c1-2-7(10(13)14)11-9(12)8-5-3-4-6-17(8,15)16/h7-8H,2-6H2,1H3,(H,11,12)(H,13,14)/t7-,8?/m0/s1. The number of aliphatic carboxylic acids is 1. The van der Waals surface area contributed by atoms with Gasteiger partial charge < -0.3 is 10.4 Å². The fraction of sp³-hybridized carbons (Fsp3) is 0.800. The molecule has 1 saturated heterocycles. The second-order valence-electron chi connectivity index (χ2n) is 4.16. The molecule has 98 valence electrons. The van der Waals surface area contributed by atoms with E-state index in [9.17, 15) is 18.0 Å². The molecule has 1 amide bonds. The Hall–Kier alpha value is -1.11. The molecule has 0 aromatic carbocycles. The zero-order valence-corrected chi connectivity index (χ0v) is 10.5. The van der Waals surface area contributed by atoms with E-state index in [0.29, 0.717) is 12.8 Å². The smallest absolute Gasteiger partial charge is 0.326 e. The number of carboxylic acid groups (broad SMARTS) is 1. The highest BCUT2D eigenvalue weighted by atomic mass is 32.2. The van der Waals surface area contributed by atoms with Crippen LogP contribution < -0.4 is 5.32 Å². The lowest BCUT2D eigenvalue weighted by atomic mass is 10.1. The number of carboxylic acids is 1. The van der Waals surface area contributed by atoms with Crippen molar-refractivity contribution >= 4 is 21.7 Å². The maximum Gasteiger partial charge on any atom is 0.326 e. The summed E-state index contributed by atoms with van der Waals surface area (Å²) in [6.45, 7) is 1.62. The molecule has 2 N–H and O–H groups in total. The highest BCUT2D eigenvalue weighted by molar-refractivity contribution is 7.92. The van der Waals surface area contributed by atoms with Crippen LogP contribution in [0.1, 0.15) is 32.6 Å². The summed E-state index contributed by atoms with van der Waals surface area (Å²) in [4.78, 5) is 22.5. The zero-order chi connectivity index (χ0) is 13.1. The molecule has 1 aliphatic rings. The number of carbonyl (C=O) groups is 2. The van der Waals surface area contributed by atoms with Crippen LogP contribution in [-0.4, -0.2) is 42.4 Å². The Morgan fingerprint density at radius 1 is 1.41 bits per heavy atom. The van der Waals surface area contributed by atoms with Gasteiger partial charge in [0.25, 0.3) is 0 Å². The normalized spacial score (nSPS) is 24.9. The number of nitrogens with one attached hydrogen (secondary N) is 1. The molecular formula is C10H17NO5S. The van der Waals surface area contributed by atoms with E-state index in [0.717, 1.165) is 0 Å².